The van der Waals surface area contributed by atoms with Crippen LogP contribution in [-0.2, 0) is 0 Å². The summed E-state index contributed by atoms with van der Waals surface area (Å²) in [6, 6.07) is 17.2. The van der Waals surface area contributed by atoms with Crippen molar-refractivity contribution >= 4 is 16.6 Å². The van der Waals surface area contributed by atoms with Gasteiger partial charge in [-0.05, 0) is 35.4 Å². The minimum Gasteiger partial charge on any atom is -0.378 e. The van der Waals surface area contributed by atoms with E-state index in [4.69, 9.17) is 0 Å². The van der Waals surface area contributed by atoms with Gasteiger partial charge in [0.05, 0.1) is 0 Å². The second-order valence-corrected chi connectivity index (χ2v) is 4.69. The van der Waals surface area contributed by atoms with Crippen molar-refractivity contribution in [1.29, 1.82) is 0 Å². The van der Waals surface area contributed by atoms with Crippen molar-refractivity contribution in [3.05, 3.63) is 54.7 Å². The van der Waals surface area contributed by atoms with E-state index in [1.807, 2.05) is 6.20 Å². The highest BCUT2D eigenvalue weighted by molar-refractivity contribution is 5.95. The van der Waals surface area contributed by atoms with E-state index in [0.717, 1.165) is 0 Å². The third kappa shape index (κ3) is 1.76. The Labute approximate surface area is 107 Å². The molecule has 3 aromatic rings. The van der Waals surface area contributed by atoms with Gasteiger partial charge in [0.2, 0.25) is 0 Å². The third-order valence-corrected chi connectivity index (χ3v) is 3.29. The summed E-state index contributed by atoms with van der Waals surface area (Å²) in [7, 11) is 4.11. The first-order chi connectivity index (χ1) is 8.75. The molecule has 0 fully saturated rings. The molecule has 2 nitrogen and oxygen atoms in total. The van der Waals surface area contributed by atoms with E-state index in [2.05, 4.69) is 72.5 Å². The van der Waals surface area contributed by atoms with Crippen LogP contribution in [0.4, 0.5) is 5.69 Å². The smallest absolute Gasteiger partial charge is 0.0460 e. The van der Waals surface area contributed by atoms with E-state index < -0.39 is 0 Å². The molecule has 0 aliphatic carbocycles. The number of aromatic amines is 1. The van der Waals surface area contributed by atoms with Gasteiger partial charge in [0.1, 0.15) is 0 Å². The molecule has 1 aromatic heterocycles. The molecule has 1 N–H and O–H groups in total. The van der Waals surface area contributed by atoms with E-state index in [1.54, 1.807) is 0 Å². The lowest BCUT2D eigenvalue weighted by molar-refractivity contribution is 1.13. The SMILES string of the molecule is CN(C)c1ccc(-c2cccc3[nH]ccc23)cc1. The molecule has 0 saturated carbocycles. The lowest BCUT2D eigenvalue weighted by Crippen LogP contribution is -2.07. The van der Waals surface area contributed by atoms with Crippen molar-refractivity contribution in [3.63, 3.8) is 0 Å². The first kappa shape index (κ1) is 10.9. The van der Waals surface area contributed by atoms with Crippen molar-refractivity contribution in [2.24, 2.45) is 0 Å². The Morgan fingerprint density at radius 2 is 1.67 bits per heavy atom. The average Bonchev–Trinajstić information content (AvgIpc) is 2.87. The van der Waals surface area contributed by atoms with Gasteiger partial charge in [-0.3, -0.25) is 0 Å². The third-order valence-electron chi connectivity index (χ3n) is 3.29. The van der Waals surface area contributed by atoms with Crippen molar-refractivity contribution in [1.82, 2.24) is 4.98 Å². The Kier molecular flexibility index (Phi) is 2.56. The van der Waals surface area contributed by atoms with Crippen molar-refractivity contribution in [2.75, 3.05) is 19.0 Å². The summed E-state index contributed by atoms with van der Waals surface area (Å²) in [6.45, 7) is 0. The molecule has 1 heterocycles. The zero-order chi connectivity index (χ0) is 12.5. The summed E-state index contributed by atoms with van der Waals surface area (Å²) in [5.41, 5.74) is 4.94. The number of anilines is 1. The average molecular weight is 236 g/mol. The number of aromatic nitrogens is 1. The molecule has 3 rings (SSSR count). The highest BCUT2D eigenvalue weighted by Gasteiger charge is 2.04. The summed E-state index contributed by atoms with van der Waals surface area (Å²) in [6.07, 6.45) is 1.99. The minimum atomic E-state index is 1.18. The van der Waals surface area contributed by atoms with E-state index in [-0.39, 0.29) is 0 Å². The number of nitrogens with one attached hydrogen (secondary N) is 1. The topological polar surface area (TPSA) is 19.0 Å². The quantitative estimate of drug-likeness (QED) is 0.715. The Morgan fingerprint density at radius 3 is 2.39 bits per heavy atom. The van der Waals surface area contributed by atoms with Crippen LogP contribution in [0.3, 0.4) is 0 Å². The molecule has 0 aliphatic heterocycles. The van der Waals surface area contributed by atoms with E-state index in [9.17, 15) is 0 Å². The van der Waals surface area contributed by atoms with Crippen LogP contribution in [0.5, 0.6) is 0 Å². The number of fused-ring (bicyclic) bond motifs is 1. The predicted molar refractivity (Wildman–Crippen MR) is 78.1 cm³/mol. The van der Waals surface area contributed by atoms with Crippen LogP contribution < -0.4 is 4.90 Å². The lowest BCUT2D eigenvalue weighted by atomic mass is 10.0. The first-order valence-corrected chi connectivity index (χ1v) is 6.09. The number of hydrogen-bond acceptors (Lipinski definition) is 1. The monoisotopic (exact) mass is 236 g/mol. The fourth-order valence-electron chi connectivity index (χ4n) is 2.28. The van der Waals surface area contributed by atoms with Crippen LogP contribution >= 0.6 is 0 Å². The molecule has 18 heavy (non-hydrogen) atoms. The Morgan fingerprint density at radius 1 is 0.889 bits per heavy atom. The zero-order valence-corrected chi connectivity index (χ0v) is 10.6. The van der Waals surface area contributed by atoms with Crippen LogP contribution in [0.25, 0.3) is 22.0 Å². The molecular formula is C16H16N2. The van der Waals surface area contributed by atoms with Gasteiger partial charge in [-0.15, -0.1) is 0 Å². The van der Waals surface area contributed by atoms with Gasteiger partial charge >= 0.3 is 0 Å². The molecule has 0 atom stereocenters. The van der Waals surface area contributed by atoms with Crippen molar-refractivity contribution in [2.45, 2.75) is 0 Å². The molecular weight excluding hydrogens is 220 g/mol. The van der Waals surface area contributed by atoms with E-state index >= 15 is 0 Å². The maximum Gasteiger partial charge on any atom is 0.0460 e. The number of nitrogens with zero attached hydrogens (tertiary/aromatic N) is 1. The second-order valence-electron chi connectivity index (χ2n) is 4.69. The Bertz CT molecular complexity index is 663. The van der Waals surface area contributed by atoms with E-state index in [0.29, 0.717) is 0 Å². The lowest BCUT2D eigenvalue weighted by Gasteiger charge is -2.13. The van der Waals surface area contributed by atoms with Gasteiger partial charge < -0.3 is 9.88 Å². The van der Waals surface area contributed by atoms with Gasteiger partial charge in [-0.2, -0.15) is 0 Å². The van der Waals surface area contributed by atoms with Crippen LogP contribution in [0.1, 0.15) is 0 Å². The van der Waals surface area contributed by atoms with Gasteiger partial charge in [0, 0.05) is 36.9 Å². The molecule has 0 unspecified atom stereocenters. The normalized spacial score (nSPS) is 10.8. The highest BCUT2D eigenvalue weighted by Crippen LogP contribution is 2.29. The number of H-pyrrole nitrogens is 1. The standard InChI is InChI=1S/C16H16N2/c1-18(2)13-8-6-12(7-9-13)14-4-3-5-16-15(14)10-11-17-16/h3-11,17H,1-2H3. The molecule has 2 aromatic carbocycles. The van der Waals surface area contributed by atoms with Crippen LogP contribution in [0.15, 0.2) is 54.7 Å². The highest BCUT2D eigenvalue weighted by atomic mass is 15.1. The second kappa shape index (κ2) is 4.22. The minimum absolute atomic E-state index is 1.18. The number of hydrogen-bond donors (Lipinski definition) is 1. The molecule has 0 radical (unpaired) electrons. The molecule has 90 valence electrons. The summed E-state index contributed by atoms with van der Waals surface area (Å²) in [5, 5.41) is 1.27. The fraction of sp³-hybridized carbons (Fsp3) is 0.125. The van der Waals surface area contributed by atoms with Crippen LogP contribution in [0.2, 0.25) is 0 Å². The maximum atomic E-state index is 3.25. The molecule has 2 heteroatoms. The predicted octanol–water partition coefficient (Wildman–Crippen LogP) is 3.90. The summed E-state index contributed by atoms with van der Waals surface area (Å²) in [5.74, 6) is 0. The summed E-state index contributed by atoms with van der Waals surface area (Å²) in [4.78, 5) is 5.36. The fourth-order valence-corrected chi connectivity index (χ4v) is 2.28. The number of rotatable bonds is 2. The maximum absolute atomic E-state index is 3.25. The molecule has 0 bridgehead atoms. The first-order valence-electron chi connectivity index (χ1n) is 6.09. The van der Waals surface area contributed by atoms with Gasteiger partial charge in [-0.1, -0.05) is 24.3 Å². The van der Waals surface area contributed by atoms with Gasteiger partial charge in [-0.25, -0.2) is 0 Å². The zero-order valence-electron chi connectivity index (χ0n) is 10.6. The van der Waals surface area contributed by atoms with Crippen LogP contribution in [0, 0.1) is 0 Å². The molecule has 0 amide bonds. The molecule has 0 saturated heterocycles. The summed E-state index contributed by atoms with van der Waals surface area (Å²) < 4.78 is 0. The van der Waals surface area contributed by atoms with E-state index in [1.165, 1.54) is 27.7 Å². The summed E-state index contributed by atoms with van der Waals surface area (Å²) >= 11 is 0. The molecule has 0 spiro atoms. The Balaban J connectivity index is 2.11. The largest absolute Gasteiger partial charge is 0.378 e. The van der Waals surface area contributed by atoms with Crippen molar-refractivity contribution < 1.29 is 0 Å². The Hall–Kier alpha value is -2.22. The van der Waals surface area contributed by atoms with Gasteiger partial charge in [0.15, 0.2) is 0 Å². The van der Waals surface area contributed by atoms with Crippen LogP contribution in [-0.4, -0.2) is 19.1 Å². The van der Waals surface area contributed by atoms with Gasteiger partial charge in [0.25, 0.3) is 0 Å². The van der Waals surface area contributed by atoms with Crippen molar-refractivity contribution in [3.8, 4) is 11.1 Å². The molecule has 0 aliphatic rings. The number of benzene rings is 2.